The predicted octanol–water partition coefficient (Wildman–Crippen LogP) is 3.51. The van der Waals surface area contributed by atoms with Crippen molar-refractivity contribution in [2.75, 3.05) is 22.9 Å². The minimum absolute atomic E-state index is 0.110. The molecule has 0 bridgehead atoms. The lowest BCUT2D eigenvalue weighted by molar-refractivity contribution is 0.0697. The van der Waals surface area contributed by atoms with E-state index in [1.807, 2.05) is 36.4 Å². The Labute approximate surface area is 151 Å². The number of hydrogen-bond acceptors (Lipinski definition) is 4. The Hall–Kier alpha value is -3.02. The Morgan fingerprint density at radius 2 is 1.73 bits per heavy atom. The van der Waals surface area contributed by atoms with Gasteiger partial charge >= 0.3 is 12.1 Å². The van der Waals surface area contributed by atoms with Crippen molar-refractivity contribution in [2.24, 2.45) is 0 Å². The third-order valence-electron chi connectivity index (χ3n) is 5.11. The van der Waals surface area contributed by atoms with Crippen LogP contribution in [0.1, 0.15) is 28.8 Å². The first kappa shape index (κ1) is 16.4. The number of piperidine rings is 1. The molecule has 1 amide bonds. The number of cyclic esters (lactones) is 1. The van der Waals surface area contributed by atoms with Crippen LogP contribution in [0.15, 0.2) is 48.5 Å². The van der Waals surface area contributed by atoms with E-state index in [4.69, 9.17) is 9.84 Å². The van der Waals surface area contributed by atoms with Gasteiger partial charge in [0.25, 0.3) is 0 Å². The van der Waals surface area contributed by atoms with Gasteiger partial charge in [0, 0.05) is 30.4 Å². The van der Waals surface area contributed by atoms with Crippen molar-refractivity contribution in [3.05, 3.63) is 59.7 Å². The van der Waals surface area contributed by atoms with Gasteiger partial charge in [0.15, 0.2) is 0 Å². The molecule has 6 nitrogen and oxygen atoms in total. The maximum Gasteiger partial charge on any atom is 0.414 e. The number of aromatic carboxylic acids is 1. The van der Waals surface area contributed by atoms with E-state index in [1.54, 1.807) is 17.0 Å². The van der Waals surface area contributed by atoms with Crippen molar-refractivity contribution in [3.8, 4) is 0 Å². The van der Waals surface area contributed by atoms with Crippen LogP contribution in [0, 0.1) is 0 Å². The maximum absolute atomic E-state index is 12.3. The van der Waals surface area contributed by atoms with Gasteiger partial charge in [-0.1, -0.05) is 18.2 Å². The number of rotatable bonds is 3. The number of fused-ring (bicyclic) bond motifs is 1. The summed E-state index contributed by atoms with van der Waals surface area (Å²) in [5.74, 6) is -0.919. The van der Waals surface area contributed by atoms with Crippen LogP contribution in [-0.2, 0) is 11.3 Å². The predicted molar refractivity (Wildman–Crippen MR) is 97.7 cm³/mol. The molecule has 0 saturated carbocycles. The van der Waals surface area contributed by atoms with E-state index in [2.05, 4.69) is 4.90 Å². The van der Waals surface area contributed by atoms with E-state index in [0.717, 1.165) is 42.9 Å². The van der Waals surface area contributed by atoms with Crippen molar-refractivity contribution in [1.82, 2.24) is 0 Å². The lowest BCUT2D eigenvalue weighted by atomic mass is 10.00. The monoisotopic (exact) mass is 352 g/mol. The molecule has 0 radical (unpaired) electrons. The molecule has 2 aromatic rings. The van der Waals surface area contributed by atoms with Gasteiger partial charge in [-0.2, -0.15) is 0 Å². The molecular formula is C20H20N2O4. The van der Waals surface area contributed by atoms with Gasteiger partial charge in [-0.3, -0.25) is 4.90 Å². The molecule has 0 unspecified atom stereocenters. The molecular weight excluding hydrogens is 332 g/mol. The first-order valence-corrected chi connectivity index (χ1v) is 8.75. The Kier molecular flexibility index (Phi) is 4.24. The molecule has 2 aliphatic heterocycles. The van der Waals surface area contributed by atoms with Crippen LogP contribution in [0.2, 0.25) is 0 Å². The van der Waals surface area contributed by atoms with E-state index in [-0.39, 0.29) is 17.7 Å². The Bertz CT molecular complexity index is 826. The number of hydrogen-bond donors (Lipinski definition) is 1. The average Bonchev–Trinajstić information content (AvgIpc) is 2.68. The molecule has 1 saturated heterocycles. The van der Waals surface area contributed by atoms with E-state index in [0.29, 0.717) is 6.61 Å². The summed E-state index contributed by atoms with van der Waals surface area (Å²) in [6, 6.07) is 14.9. The number of amides is 1. The third-order valence-corrected chi connectivity index (χ3v) is 5.11. The molecule has 4 rings (SSSR count). The van der Waals surface area contributed by atoms with Crippen LogP contribution in [0.5, 0.6) is 0 Å². The summed E-state index contributed by atoms with van der Waals surface area (Å²) >= 11 is 0. The molecule has 2 heterocycles. The first-order chi connectivity index (χ1) is 12.6. The highest BCUT2D eigenvalue weighted by molar-refractivity contribution is 5.91. The number of benzene rings is 2. The average molecular weight is 352 g/mol. The van der Waals surface area contributed by atoms with Gasteiger partial charge < -0.3 is 14.7 Å². The highest BCUT2D eigenvalue weighted by atomic mass is 16.6. The first-order valence-electron chi connectivity index (χ1n) is 8.75. The summed E-state index contributed by atoms with van der Waals surface area (Å²) in [5, 5.41) is 9.01. The Morgan fingerprint density at radius 1 is 1.04 bits per heavy atom. The zero-order valence-corrected chi connectivity index (χ0v) is 14.3. The summed E-state index contributed by atoms with van der Waals surface area (Å²) in [4.78, 5) is 27.3. The van der Waals surface area contributed by atoms with Crippen LogP contribution in [-0.4, -0.2) is 36.3 Å². The maximum atomic E-state index is 12.3. The fraction of sp³-hybridized carbons (Fsp3) is 0.300. The number of carboxylic acid groups (broad SMARTS) is 1. The second kappa shape index (κ2) is 6.71. The minimum atomic E-state index is -0.919. The van der Waals surface area contributed by atoms with E-state index in [1.165, 1.54) is 0 Å². The highest BCUT2D eigenvalue weighted by Gasteiger charge is 2.34. The summed E-state index contributed by atoms with van der Waals surface area (Å²) < 4.78 is 5.34. The van der Waals surface area contributed by atoms with Crippen LogP contribution < -0.4 is 9.80 Å². The van der Waals surface area contributed by atoms with Crippen molar-refractivity contribution in [1.29, 1.82) is 0 Å². The number of ether oxygens (including phenoxy) is 1. The molecule has 0 atom stereocenters. The van der Waals surface area contributed by atoms with Gasteiger partial charge in [0.05, 0.1) is 11.3 Å². The van der Waals surface area contributed by atoms with Gasteiger partial charge in [0.2, 0.25) is 0 Å². The normalized spacial score (nSPS) is 17.6. The molecule has 2 aliphatic rings. The van der Waals surface area contributed by atoms with Gasteiger partial charge in [0.1, 0.15) is 6.61 Å². The second-order valence-electron chi connectivity index (χ2n) is 6.62. The number of nitrogens with zero attached hydrogens (tertiary/aromatic N) is 2. The van der Waals surface area contributed by atoms with Crippen molar-refractivity contribution < 1.29 is 19.4 Å². The molecule has 134 valence electrons. The topological polar surface area (TPSA) is 70.1 Å². The largest absolute Gasteiger partial charge is 0.478 e. The fourth-order valence-corrected chi connectivity index (χ4v) is 3.72. The van der Waals surface area contributed by atoms with Crippen LogP contribution in [0.25, 0.3) is 0 Å². The van der Waals surface area contributed by atoms with Gasteiger partial charge in [-0.05, 0) is 43.2 Å². The quantitative estimate of drug-likeness (QED) is 0.915. The summed E-state index contributed by atoms with van der Waals surface area (Å²) in [6.45, 7) is 1.95. The zero-order chi connectivity index (χ0) is 18.1. The lowest BCUT2D eigenvalue weighted by Gasteiger charge is -2.40. The second-order valence-corrected chi connectivity index (χ2v) is 6.62. The number of para-hydroxylation sites is 1. The smallest absolute Gasteiger partial charge is 0.414 e. The molecule has 26 heavy (non-hydrogen) atoms. The molecule has 6 heteroatoms. The molecule has 1 fully saturated rings. The lowest BCUT2D eigenvalue weighted by Crippen LogP contribution is -2.49. The molecule has 0 spiro atoms. The van der Waals surface area contributed by atoms with E-state index >= 15 is 0 Å². The summed E-state index contributed by atoms with van der Waals surface area (Å²) in [5.41, 5.74) is 3.29. The van der Waals surface area contributed by atoms with E-state index < -0.39 is 5.97 Å². The number of carbonyl (C=O) groups excluding carboxylic acids is 1. The number of carboxylic acids is 1. The summed E-state index contributed by atoms with van der Waals surface area (Å²) in [7, 11) is 0. The molecule has 0 aliphatic carbocycles. The molecule has 2 aromatic carbocycles. The Balaban J connectivity index is 1.47. The van der Waals surface area contributed by atoms with Crippen LogP contribution in [0.4, 0.5) is 16.2 Å². The highest BCUT2D eigenvalue weighted by Crippen LogP contribution is 2.32. The molecule has 0 aromatic heterocycles. The van der Waals surface area contributed by atoms with Gasteiger partial charge in [-0.15, -0.1) is 0 Å². The summed E-state index contributed by atoms with van der Waals surface area (Å²) in [6.07, 6.45) is 1.40. The molecule has 1 N–H and O–H groups in total. The van der Waals surface area contributed by atoms with Crippen LogP contribution in [0.3, 0.4) is 0 Å². The SMILES string of the molecule is O=C(O)c1ccc(N2CCC(N3C(=O)OCc4ccccc43)CC2)cc1. The number of carbonyl (C=O) groups is 2. The van der Waals surface area contributed by atoms with Crippen molar-refractivity contribution >= 4 is 23.4 Å². The van der Waals surface area contributed by atoms with Crippen LogP contribution >= 0.6 is 0 Å². The fourth-order valence-electron chi connectivity index (χ4n) is 3.72. The number of anilines is 2. The van der Waals surface area contributed by atoms with Crippen molar-refractivity contribution in [2.45, 2.75) is 25.5 Å². The Morgan fingerprint density at radius 3 is 2.42 bits per heavy atom. The minimum Gasteiger partial charge on any atom is -0.478 e. The van der Waals surface area contributed by atoms with Gasteiger partial charge in [-0.25, -0.2) is 9.59 Å². The standard InChI is InChI=1S/C20H20N2O4/c23-19(24)14-5-7-16(8-6-14)21-11-9-17(10-12-21)22-18-4-2-1-3-15(18)13-26-20(22)25/h1-8,17H,9-13H2,(H,23,24). The zero-order valence-electron chi connectivity index (χ0n) is 14.3. The third kappa shape index (κ3) is 2.98. The van der Waals surface area contributed by atoms with E-state index in [9.17, 15) is 9.59 Å². The van der Waals surface area contributed by atoms with Crippen molar-refractivity contribution in [3.63, 3.8) is 0 Å².